The second kappa shape index (κ2) is 16.5. The molecule has 0 aliphatic carbocycles. The molecular formula is C32H43ClN4O5S. The summed E-state index contributed by atoms with van der Waals surface area (Å²) in [4.78, 5) is 13.6. The summed E-state index contributed by atoms with van der Waals surface area (Å²) in [6.45, 7) is 3.90. The Hall–Kier alpha value is -3.31. The number of hydrogen-bond acceptors (Lipinski definition) is 7. The molecule has 3 aromatic carbocycles. The van der Waals surface area contributed by atoms with Crippen molar-refractivity contribution in [3.05, 3.63) is 89.5 Å². The molecule has 3 aromatic rings. The lowest BCUT2D eigenvalue weighted by atomic mass is 10.00. The first kappa shape index (κ1) is 34.2. The van der Waals surface area contributed by atoms with Gasteiger partial charge in [-0.15, -0.1) is 12.4 Å². The van der Waals surface area contributed by atoms with Crippen molar-refractivity contribution >= 4 is 39.7 Å². The highest BCUT2D eigenvalue weighted by Gasteiger charge is 2.28. The standard InChI is InChI=1S/C32H42N4O5S.ClH/c1-3-34-27-20-26(21-28(22-27)36-17-7-8-18-42(36,39)40)32(38)35-30(19-25-9-5-4-6-10-25)31(37)23-33-16-15-24-11-13-29(41-2)14-12-24;/h4-6,9-14,20-22,30-31,33-34,37H,3,7-8,15-19,23H2,1-2H3,(H,35,38);1H/t30-,31+;/m0./s1. The van der Waals surface area contributed by atoms with E-state index in [0.29, 0.717) is 56.0 Å². The second-order valence-electron chi connectivity index (χ2n) is 10.5. The van der Waals surface area contributed by atoms with Crippen LogP contribution in [0.4, 0.5) is 11.4 Å². The molecule has 1 fully saturated rings. The van der Waals surface area contributed by atoms with Crippen LogP contribution in [-0.4, -0.2) is 70.6 Å². The van der Waals surface area contributed by atoms with Crippen molar-refractivity contribution in [2.75, 3.05) is 48.7 Å². The van der Waals surface area contributed by atoms with Crippen molar-refractivity contribution in [3.63, 3.8) is 0 Å². The quantitative estimate of drug-likeness (QED) is 0.199. The van der Waals surface area contributed by atoms with Crippen LogP contribution in [0.15, 0.2) is 72.8 Å². The van der Waals surface area contributed by atoms with Gasteiger partial charge in [0.2, 0.25) is 10.0 Å². The summed E-state index contributed by atoms with van der Waals surface area (Å²) in [6.07, 6.45) is 1.76. The van der Waals surface area contributed by atoms with E-state index in [-0.39, 0.29) is 24.1 Å². The Morgan fingerprint density at radius 3 is 2.44 bits per heavy atom. The van der Waals surface area contributed by atoms with E-state index in [1.807, 2.05) is 61.5 Å². The molecule has 0 unspecified atom stereocenters. The molecule has 0 bridgehead atoms. The van der Waals surface area contributed by atoms with Crippen LogP contribution in [0.1, 0.15) is 41.3 Å². The molecule has 43 heavy (non-hydrogen) atoms. The van der Waals surface area contributed by atoms with Gasteiger partial charge in [-0.1, -0.05) is 42.5 Å². The van der Waals surface area contributed by atoms with Crippen molar-refractivity contribution in [1.82, 2.24) is 10.6 Å². The molecule has 4 N–H and O–H groups in total. The number of hydrogen-bond donors (Lipinski definition) is 4. The highest BCUT2D eigenvalue weighted by molar-refractivity contribution is 7.92. The number of rotatable bonds is 14. The molecule has 1 heterocycles. The van der Waals surface area contributed by atoms with Gasteiger partial charge in [0.25, 0.3) is 5.91 Å². The number of carbonyl (C=O) groups is 1. The second-order valence-corrected chi connectivity index (χ2v) is 12.5. The third-order valence-electron chi connectivity index (χ3n) is 7.38. The lowest BCUT2D eigenvalue weighted by Crippen LogP contribution is -2.49. The Morgan fingerprint density at radius 1 is 1.02 bits per heavy atom. The van der Waals surface area contributed by atoms with E-state index in [0.717, 1.165) is 29.7 Å². The maximum absolute atomic E-state index is 13.6. The molecule has 1 amide bonds. The fourth-order valence-electron chi connectivity index (χ4n) is 5.09. The van der Waals surface area contributed by atoms with Gasteiger partial charge in [0.1, 0.15) is 5.75 Å². The number of anilines is 2. The van der Waals surface area contributed by atoms with Crippen LogP contribution in [-0.2, 0) is 22.9 Å². The first-order valence-corrected chi connectivity index (χ1v) is 16.2. The highest BCUT2D eigenvalue weighted by Crippen LogP contribution is 2.28. The number of nitrogens with one attached hydrogen (secondary N) is 3. The average molecular weight is 631 g/mol. The van der Waals surface area contributed by atoms with Crippen LogP contribution >= 0.6 is 12.4 Å². The molecule has 0 spiro atoms. The van der Waals surface area contributed by atoms with Gasteiger partial charge in [-0.25, -0.2) is 8.42 Å². The summed E-state index contributed by atoms with van der Waals surface area (Å²) in [5.74, 6) is 0.530. The molecule has 234 valence electrons. The third kappa shape index (κ3) is 9.86. The summed E-state index contributed by atoms with van der Waals surface area (Å²) in [5, 5.41) is 20.8. The van der Waals surface area contributed by atoms with Crippen LogP contribution in [0.3, 0.4) is 0 Å². The largest absolute Gasteiger partial charge is 0.497 e. The number of aliphatic hydroxyl groups excluding tert-OH is 1. The number of nitrogens with zero attached hydrogens (tertiary/aromatic N) is 1. The van der Waals surface area contributed by atoms with Crippen molar-refractivity contribution in [2.24, 2.45) is 0 Å². The van der Waals surface area contributed by atoms with Gasteiger partial charge >= 0.3 is 0 Å². The van der Waals surface area contributed by atoms with Crippen LogP contribution in [0.5, 0.6) is 5.75 Å². The van der Waals surface area contributed by atoms with Gasteiger partial charge in [0.15, 0.2) is 0 Å². The van der Waals surface area contributed by atoms with Gasteiger partial charge in [-0.05, 0) is 80.6 Å². The summed E-state index contributed by atoms with van der Waals surface area (Å²) >= 11 is 0. The fourth-order valence-corrected chi connectivity index (χ4v) is 6.71. The monoisotopic (exact) mass is 630 g/mol. The topological polar surface area (TPSA) is 120 Å². The van der Waals surface area contributed by atoms with Gasteiger partial charge in [0, 0.05) is 30.9 Å². The van der Waals surface area contributed by atoms with E-state index in [4.69, 9.17) is 4.74 Å². The molecule has 1 aliphatic rings. The zero-order valence-corrected chi connectivity index (χ0v) is 26.4. The van der Waals surface area contributed by atoms with Crippen LogP contribution in [0.2, 0.25) is 0 Å². The maximum Gasteiger partial charge on any atom is 0.251 e. The zero-order chi connectivity index (χ0) is 30.0. The van der Waals surface area contributed by atoms with Crippen molar-refractivity contribution in [2.45, 2.75) is 44.8 Å². The van der Waals surface area contributed by atoms with Crippen LogP contribution in [0, 0.1) is 0 Å². The Balaban J connectivity index is 0.00000506. The number of carbonyl (C=O) groups excluding carboxylic acids is 1. The van der Waals surface area contributed by atoms with E-state index >= 15 is 0 Å². The number of amides is 1. The van der Waals surface area contributed by atoms with E-state index in [1.54, 1.807) is 25.3 Å². The van der Waals surface area contributed by atoms with Gasteiger partial charge in [-0.2, -0.15) is 0 Å². The zero-order valence-electron chi connectivity index (χ0n) is 24.8. The Kier molecular flexibility index (Phi) is 13.1. The van der Waals surface area contributed by atoms with Crippen LogP contribution in [0.25, 0.3) is 0 Å². The van der Waals surface area contributed by atoms with Gasteiger partial charge in [-0.3, -0.25) is 9.10 Å². The van der Waals surface area contributed by atoms with Crippen molar-refractivity contribution in [3.8, 4) is 5.75 Å². The smallest absolute Gasteiger partial charge is 0.251 e. The lowest BCUT2D eigenvalue weighted by molar-refractivity contribution is 0.0831. The number of methoxy groups -OCH3 is 1. The predicted molar refractivity (Wildman–Crippen MR) is 175 cm³/mol. The molecular weight excluding hydrogens is 588 g/mol. The number of benzene rings is 3. The maximum atomic E-state index is 13.6. The number of halogens is 1. The summed E-state index contributed by atoms with van der Waals surface area (Å²) < 4.78 is 32.2. The molecule has 1 saturated heterocycles. The fraction of sp³-hybridized carbons (Fsp3) is 0.406. The van der Waals surface area contributed by atoms with Gasteiger partial charge < -0.3 is 25.8 Å². The van der Waals surface area contributed by atoms with E-state index in [1.165, 1.54) is 4.31 Å². The van der Waals surface area contributed by atoms with Crippen LogP contribution < -0.4 is 25.0 Å². The van der Waals surface area contributed by atoms with Crippen molar-refractivity contribution < 1.29 is 23.1 Å². The highest BCUT2D eigenvalue weighted by atomic mass is 35.5. The lowest BCUT2D eigenvalue weighted by Gasteiger charge is -2.29. The molecule has 1 aliphatic heterocycles. The van der Waals surface area contributed by atoms with E-state index in [2.05, 4.69) is 16.0 Å². The summed E-state index contributed by atoms with van der Waals surface area (Å²) in [7, 11) is -1.81. The first-order chi connectivity index (χ1) is 20.3. The van der Waals surface area contributed by atoms with E-state index < -0.39 is 22.2 Å². The molecule has 2 atom stereocenters. The average Bonchev–Trinajstić information content (AvgIpc) is 2.99. The van der Waals surface area contributed by atoms with Gasteiger partial charge in [0.05, 0.1) is 30.7 Å². The first-order valence-electron chi connectivity index (χ1n) is 14.5. The molecule has 0 saturated carbocycles. The summed E-state index contributed by atoms with van der Waals surface area (Å²) in [5.41, 5.74) is 3.61. The number of ether oxygens (including phenoxy) is 1. The molecule has 0 aromatic heterocycles. The number of aliphatic hydroxyl groups is 1. The molecule has 4 rings (SSSR count). The Labute approximate surface area is 261 Å². The normalized spacial score (nSPS) is 15.6. The SMILES string of the molecule is CCNc1cc(C(=O)N[C@@H](Cc2ccccc2)[C@H](O)CNCCc2ccc(OC)cc2)cc(N2CCCCS2(=O)=O)c1.Cl. The minimum absolute atomic E-state index is 0. The van der Waals surface area contributed by atoms with Crippen molar-refractivity contribution in [1.29, 1.82) is 0 Å². The molecule has 0 radical (unpaired) electrons. The molecule has 11 heteroatoms. The number of sulfonamides is 1. The predicted octanol–water partition coefficient (Wildman–Crippen LogP) is 4.01. The Morgan fingerprint density at radius 2 is 1.77 bits per heavy atom. The van der Waals surface area contributed by atoms with E-state index in [9.17, 15) is 18.3 Å². The Bertz CT molecular complexity index is 1410. The minimum atomic E-state index is -3.45. The summed E-state index contributed by atoms with van der Waals surface area (Å²) in [6, 6.07) is 22.1. The minimum Gasteiger partial charge on any atom is -0.497 e. The molecule has 9 nitrogen and oxygen atoms in total. The third-order valence-corrected chi connectivity index (χ3v) is 9.25.